The molecular weight excluding hydrogens is 372 g/mol. The fourth-order valence-corrected chi connectivity index (χ4v) is 3.74. The second-order valence-corrected chi connectivity index (χ2v) is 8.56. The topological polar surface area (TPSA) is 32.7 Å². The molecule has 23 heavy (non-hydrogen) atoms. The van der Waals surface area contributed by atoms with Crippen LogP contribution < -0.4 is 0 Å². The first-order chi connectivity index (χ1) is 10.9. The van der Waals surface area contributed by atoms with E-state index in [1.807, 2.05) is 44.4 Å². The zero-order valence-corrected chi connectivity index (χ0v) is 15.8. The van der Waals surface area contributed by atoms with E-state index in [2.05, 4.69) is 39.2 Å². The van der Waals surface area contributed by atoms with E-state index < -0.39 is 5.41 Å². The molecule has 0 radical (unpaired) electrons. The molecule has 0 unspecified atom stereocenters. The fraction of sp³-hybridized carbons (Fsp3) is 0.333. The summed E-state index contributed by atoms with van der Waals surface area (Å²) in [6, 6.07) is 12.2. The maximum atomic E-state index is 12.9. The number of benzene rings is 1. The molecule has 0 spiro atoms. The van der Waals surface area contributed by atoms with Crippen molar-refractivity contribution in [3.05, 3.63) is 56.7 Å². The van der Waals surface area contributed by atoms with Crippen LogP contribution in [0.1, 0.15) is 43.7 Å². The van der Waals surface area contributed by atoms with Crippen LogP contribution in [0.4, 0.5) is 0 Å². The molecule has 3 nitrogen and oxygen atoms in total. The van der Waals surface area contributed by atoms with Crippen LogP contribution in [0.25, 0.3) is 0 Å². The van der Waals surface area contributed by atoms with Gasteiger partial charge in [-0.15, -0.1) is 11.3 Å². The largest absolute Gasteiger partial charge is 0.272 e. The summed E-state index contributed by atoms with van der Waals surface area (Å²) in [5, 5.41) is 8.40. The molecule has 2 aromatic rings. The molecule has 0 bridgehead atoms. The Kier molecular flexibility index (Phi) is 4.43. The third kappa shape index (κ3) is 3.40. The number of carbonyl (C=O) groups is 1. The lowest BCUT2D eigenvalue weighted by atomic mass is 9.93. The lowest BCUT2D eigenvalue weighted by Crippen LogP contribution is -2.36. The van der Waals surface area contributed by atoms with Crippen molar-refractivity contribution >= 4 is 38.9 Å². The van der Waals surface area contributed by atoms with Gasteiger partial charge in [0, 0.05) is 16.3 Å². The lowest BCUT2D eigenvalue weighted by molar-refractivity contribution is -0.141. The monoisotopic (exact) mass is 390 g/mol. The Morgan fingerprint density at radius 1 is 1.30 bits per heavy atom. The molecule has 3 rings (SSSR count). The minimum Gasteiger partial charge on any atom is -0.272 e. The van der Waals surface area contributed by atoms with E-state index >= 15 is 0 Å². The van der Waals surface area contributed by atoms with Gasteiger partial charge >= 0.3 is 0 Å². The average molecular weight is 391 g/mol. The number of rotatable bonds is 2. The summed E-state index contributed by atoms with van der Waals surface area (Å²) >= 11 is 5.18. The van der Waals surface area contributed by atoms with E-state index in [-0.39, 0.29) is 11.9 Å². The van der Waals surface area contributed by atoms with E-state index in [1.165, 1.54) is 0 Å². The number of amides is 1. The Labute approximate surface area is 149 Å². The van der Waals surface area contributed by atoms with Crippen LogP contribution in [-0.4, -0.2) is 16.6 Å². The van der Waals surface area contributed by atoms with E-state index in [1.54, 1.807) is 16.3 Å². The maximum Gasteiger partial charge on any atom is 0.248 e. The molecule has 1 aliphatic heterocycles. The molecule has 1 amide bonds. The summed E-state index contributed by atoms with van der Waals surface area (Å²) < 4.78 is 1.02. The van der Waals surface area contributed by atoms with Gasteiger partial charge in [-0.25, -0.2) is 5.01 Å². The van der Waals surface area contributed by atoms with Crippen LogP contribution in [0.15, 0.2) is 51.4 Å². The standard InChI is InChI=1S/C18H19BrN2OS/c1-18(2,3)17(22)21-15(12-6-4-7-13(19)10-12)11-14(20-21)16-8-5-9-23-16/h4-10,15H,11H2,1-3H3/t15-/m0/s1. The highest BCUT2D eigenvalue weighted by atomic mass is 79.9. The predicted molar refractivity (Wildman–Crippen MR) is 98.7 cm³/mol. The first kappa shape index (κ1) is 16.4. The summed E-state index contributed by atoms with van der Waals surface area (Å²) in [7, 11) is 0. The van der Waals surface area contributed by atoms with E-state index in [0.717, 1.165) is 27.0 Å². The van der Waals surface area contributed by atoms with Gasteiger partial charge in [0.15, 0.2) is 0 Å². The second kappa shape index (κ2) is 6.21. The zero-order chi connectivity index (χ0) is 16.6. The van der Waals surface area contributed by atoms with Crippen molar-refractivity contribution in [2.75, 3.05) is 0 Å². The van der Waals surface area contributed by atoms with Crippen molar-refractivity contribution in [3.8, 4) is 0 Å². The fourth-order valence-electron chi connectivity index (χ4n) is 2.61. The Morgan fingerprint density at radius 3 is 2.70 bits per heavy atom. The van der Waals surface area contributed by atoms with Crippen LogP contribution >= 0.6 is 27.3 Å². The maximum absolute atomic E-state index is 12.9. The van der Waals surface area contributed by atoms with Gasteiger partial charge < -0.3 is 0 Å². The summed E-state index contributed by atoms with van der Waals surface area (Å²) in [4.78, 5) is 14.0. The molecule has 2 heterocycles. The molecule has 0 saturated carbocycles. The summed E-state index contributed by atoms with van der Waals surface area (Å²) in [5.41, 5.74) is 1.63. The highest BCUT2D eigenvalue weighted by Crippen LogP contribution is 2.37. The van der Waals surface area contributed by atoms with Crippen molar-refractivity contribution < 1.29 is 4.79 Å². The molecule has 5 heteroatoms. The van der Waals surface area contributed by atoms with Crippen LogP contribution in [0, 0.1) is 5.41 Å². The Bertz CT molecular complexity index is 747. The van der Waals surface area contributed by atoms with Gasteiger partial charge in [-0.05, 0) is 29.1 Å². The SMILES string of the molecule is CC(C)(C)C(=O)N1N=C(c2cccs2)C[C@H]1c1cccc(Br)c1. The second-order valence-electron chi connectivity index (χ2n) is 6.70. The lowest BCUT2D eigenvalue weighted by Gasteiger charge is -2.28. The highest BCUT2D eigenvalue weighted by molar-refractivity contribution is 9.10. The van der Waals surface area contributed by atoms with Gasteiger partial charge in [0.1, 0.15) is 0 Å². The molecular formula is C18H19BrN2OS. The third-order valence-electron chi connectivity index (χ3n) is 3.80. The van der Waals surface area contributed by atoms with E-state index in [4.69, 9.17) is 0 Å². The summed E-state index contributed by atoms with van der Waals surface area (Å²) in [5.74, 6) is 0.0500. The van der Waals surface area contributed by atoms with Crippen molar-refractivity contribution in [2.45, 2.75) is 33.2 Å². The molecule has 0 aliphatic carbocycles. The van der Waals surface area contributed by atoms with Gasteiger partial charge in [0.05, 0.1) is 16.6 Å². The Morgan fingerprint density at radius 2 is 2.09 bits per heavy atom. The molecule has 1 aliphatic rings. The Hall–Kier alpha value is -1.46. The van der Waals surface area contributed by atoms with Gasteiger partial charge in [0.25, 0.3) is 0 Å². The quantitative estimate of drug-likeness (QED) is 0.690. The number of hydrazone groups is 1. The highest BCUT2D eigenvalue weighted by Gasteiger charge is 2.38. The van der Waals surface area contributed by atoms with Crippen LogP contribution in [-0.2, 0) is 4.79 Å². The van der Waals surface area contributed by atoms with Crippen LogP contribution in [0.5, 0.6) is 0 Å². The summed E-state index contributed by atoms with van der Waals surface area (Å²) in [6.45, 7) is 5.81. The minimum absolute atomic E-state index is 0.0451. The molecule has 1 aromatic carbocycles. The molecule has 0 saturated heterocycles. The van der Waals surface area contributed by atoms with Crippen LogP contribution in [0.3, 0.4) is 0 Å². The number of nitrogens with zero attached hydrogens (tertiary/aromatic N) is 2. The number of hydrogen-bond acceptors (Lipinski definition) is 3. The van der Waals surface area contributed by atoms with Gasteiger partial charge in [-0.2, -0.15) is 5.10 Å². The molecule has 0 N–H and O–H groups in total. The van der Waals surface area contributed by atoms with Crippen molar-refractivity contribution in [1.29, 1.82) is 0 Å². The summed E-state index contributed by atoms with van der Waals surface area (Å²) in [6.07, 6.45) is 0.749. The molecule has 120 valence electrons. The van der Waals surface area contributed by atoms with Gasteiger partial charge in [0.2, 0.25) is 5.91 Å². The Balaban J connectivity index is 2.00. The first-order valence-corrected chi connectivity index (χ1v) is 9.24. The van der Waals surface area contributed by atoms with Gasteiger partial charge in [-0.1, -0.05) is 54.9 Å². The van der Waals surface area contributed by atoms with E-state index in [0.29, 0.717) is 0 Å². The normalized spacial score (nSPS) is 18.2. The minimum atomic E-state index is -0.460. The average Bonchev–Trinajstić information content (AvgIpc) is 3.14. The number of carbonyl (C=O) groups excluding carboxylic acids is 1. The van der Waals surface area contributed by atoms with Crippen molar-refractivity contribution in [2.24, 2.45) is 10.5 Å². The number of thiophene rings is 1. The third-order valence-corrected chi connectivity index (χ3v) is 5.21. The number of halogens is 1. The van der Waals surface area contributed by atoms with Gasteiger partial charge in [-0.3, -0.25) is 4.79 Å². The van der Waals surface area contributed by atoms with Crippen molar-refractivity contribution in [3.63, 3.8) is 0 Å². The predicted octanol–water partition coefficient (Wildman–Crippen LogP) is 5.23. The smallest absolute Gasteiger partial charge is 0.248 e. The zero-order valence-electron chi connectivity index (χ0n) is 13.4. The van der Waals surface area contributed by atoms with Crippen molar-refractivity contribution in [1.82, 2.24) is 5.01 Å². The molecule has 1 aromatic heterocycles. The van der Waals surface area contributed by atoms with E-state index in [9.17, 15) is 4.79 Å². The van der Waals surface area contributed by atoms with Crippen LogP contribution in [0.2, 0.25) is 0 Å². The number of hydrogen-bond donors (Lipinski definition) is 0. The molecule has 1 atom stereocenters. The molecule has 0 fully saturated rings. The first-order valence-electron chi connectivity index (χ1n) is 7.57.